The fourth-order valence-electron chi connectivity index (χ4n) is 1.87. The zero-order valence-corrected chi connectivity index (χ0v) is 9.37. The first kappa shape index (κ1) is 12.2. The summed E-state index contributed by atoms with van der Waals surface area (Å²) in [6, 6.07) is 0. The van der Waals surface area contributed by atoms with Crippen LogP contribution in [0.5, 0.6) is 0 Å². The van der Waals surface area contributed by atoms with Crippen molar-refractivity contribution in [1.82, 2.24) is 4.90 Å². The van der Waals surface area contributed by atoms with Crippen LogP contribution in [-0.4, -0.2) is 44.2 Å². The van der Waals surface area contributed by atoms with Crippen molar-refractivity contribution in [3.8, 4) is 0 Å². The Hall–Kier alpha value is -0.870. The molecule has 0 atom stereocenters. The second-order valence-electron chi connectivity index (χ2n) is 4.03. The lowest BCUT2D eigenvalue weighted by molar-refractivity contribution is -0.147. The fourth-order valence-corrected chi connectivity index (χ4v) is 1.87. The van der Waals surface area contributed by atoms with Gasteiger partial charge in [-0.25, -0.2) is 0 Å². The van der Waals surface area contributed by atoms with E-state index in [1.165, 1.54) is 7.11 Å². The number of esters is 1. The maximum Gasteiger partial charge on any atom is 0.308 e. The van der Waals surface area contributed by atoms with Crippen LogP contribution in [0, 0.1) is 5.92 Å². The standard InChI is InChI=1S/C11H20N2O2/c1-9(7-12)8-13-5-3-10(4-6-13)11(14)15-2/h10H,1,3-8,12H2,2H3. The molecular weight excluding hydrogens is 192 g/mol. The maximum absolute atomic E-state index is 11.3. The van der Waals surface area contributed by atoms with Gasteiger partial charge in [-0.2, -0.15) is 0 Å². The van der Waals surface area contributed by atoms with Crippen LogP contribution in [0.2, 0.25) is 0 Å². The van der Waals surface area contributed by atoms with Crippen molar-refractivity contribution < 1.29 is 9.53 Å². The third kappa shape index (κ3) is 3.64. The molecule has 2 N–H and O–H groups in total. The fraction of sp³-hybridized carbons (Fsp3) is 0.727. The highest BCUT2D eigenvalue weighted by Gasteiger charge is 2.25. The number of likely N-dealkylation sites (tertiary alicyclic amines) is 1. The summed E-state index contributed by atoms with van der Waals surface area (Å²) in [5.74, 6) is 0.00435. The van der Waals surface area contributed by atoms with Gasteiger partial charge in [-0.1, -0.05) is 6.58 Å². The van der Waals surface area contributed by atoms with Crippen molar-refractivity contribution >= 4 is 5.97 Å². The molecule has 0 radical (unpaired) electrons. The Morgan fingerprint density at radius 2 is 2.13 bits per heavy atom. The smallest absolute Gasteiger partial charge is 0.308 e. The summed E-state index contributed by atoms with van der Waals surface area (Å²) < 4.78 is 4.73. The second-order valence-corrected chi connectivity index (χ2v) is 4.03. The molecule has 0 saturated carbocycles. The molecule has 0 unspecified atom stereocenters. The molecule has 1 fully saturated rings. The Morgan fingerprint density at radius 1 is 1.53 bits per heavy atom. The van der Waals surface area contributed by atoms with Crippen LogP contribution in [0.4, 0.5) is 0 Å². The number of methoxy groups -OCH3 is 1. The Labute approximate surface area is 91.1 Å². The van der Waals surface area contributed by atoms with Crippen molar-refractivity contribution in [2.24, 2.45) is 11.7 Å². The molecule has 15 heavy (non-hydrogen) atoms. The average Bonchev–Trinajstić information content (AvgIpc) is 2.29. The Morgan fingerprint density at radius 3 is 2.60 bits per heavy atom. The maximum atomic E-state index is 11.3. The molecule has 0 aliphatic carbocycles. The molecule has 1 aliphatic rings. The summed E-state index contributed by atoms with van der Waals surface area (Å²) in [4.78, 5) is 13.6. The van der Waals surface area contributed by atoms with Crippen molar-refractivity contribution in [2.45, 2.75) is 12.8 Å². The van der Waals surface area contributed by atoms with E-state index in [2.05, 4.69) is 11.5 Å². The van der Waals surface area contributed by atoms with Crippen molar-refractivity contribution in [3.63, 3.8) is 0 Å². The highest BCUT2D eigenvalue weighted by atomic mass is 16.5. The number of carbonyl (C=O) groups is 1. The van der Waals surface area contributed by atoms with Gasteiger partial charge in [0.15, 0.2) is 0 Å². The van der Waals surface area contributed by atoms with Gasteiger partial charge < -0.3 is 10.5 Å². The van der Waals surface area contributed by atoms with Gasteiger partial charge in [0.2, 0.25) is 0 Å². The van der Waals surface area contributed by atoms with Crippen molar-refractivity contribution in [3.05, 3.63) is 12.2 Å². The topological polar surface area (TPSA) is 55.6 Å². The van der Waals surface area contributed by atoms with Crippen LogP contribution in [0.15, 0.2) is 12.2 Å². The third-order valence-electron chi connectivity index (χ3n) is 2.86. The minimum Gasteiger partial charge on any atom is -0.469 e. The van der Waals surface area contributed by atoms with Crippen LogP contribution in [0.25, 0.3) is 0 Å². The van der Waals surface area contributed by atoms with Gasteiger partial charge in [0.1, 0.15) is 0 Å². The molecule has 0 spiro atoms. The third-order valence-corrected chi connectivity index (χ3v) is 2.86. The minimum atomic E-state index is -0.0766. The average molecular weight is 212 g/mol. The van der Waals surface area contributed by atoms with Crippen LogP contribution >= 0.6 is 0 Å². The largest absolute Gasteiger partial charge is 0.469 e. The lowest BCUT2D eigenvalue weighted by atomic mass is 9.97. The van der Waals surface area contributed by atoms with E-state index in [0.717, 1.165) is 38.0 Å². The molecule has 86 valence electrons. The first-order chi connectivity index (χ1) is 7.17. The lowest BCUT2D eigenvalue weighted by Gasteiger charge is -2.30. The van der Waals surface area contributed by atoms with E-state index in [4.69, 9.17) is 10.5 Å². The summed E-state index contributed by atoms with van der Waals surface area (Å²) in [6.07, 6.45) is 1.76. The molecule has 1 aliphatic heterocycles. The van der Waals surface area contributed by atoms with Gasteiger partial charge in [-0.15, -0.1) is 0 Å². The van der Waals surface area contributed by atoms with Crippen LogP contribution < -0.4 is 5.73 Å². The zero-order chi connectivity index (χ0) is 11.3. The summed E-state index contributed by atoms with van der Waals surface area (Å²) >= 11 is 0. The van der Waals surface area contributed by atoms with Crippen LogP contribution in [0.3, 0.4) is 0 Å². The number of nitrogens with two attached hydrogens (primary N) is 1. The molecule has 0 aromatic rings. The number of carbonyl (C=O) groups excluding carboxylic acids is 1. The predicted molar refractivity (Wildman–Crippen MR) is 59.4 cm³/mol. The number of hydrogen-bond donors (Lipinski definition) is 1. The second kappa shape index (κ2) is 5.88. The zero-order valence-electron chi connectivity index (χ0n) is 9.37. The normalized spacial score (nSPS) is 18.8. The van der Waals surface area contributed by atoms with Gasteiger partial charge in [-0.05, 0) is 31.5 Å². The Kier molecular flexibility index (Phi) is 4.78. The van der Waals surface area contributed by atoms with Crippen molar-refractivity contribution in [2.75, 3.05) is 33.3 Å². The number of hydrogen-bond acceptors (Lipinski definition) is 4. The molecule has 0 amide bonds. The van der Waals surface area contributed by atoms with Crippen molar-refractivity contribution in [1.29, 1.82) is 0 Å². The Bertz CT molecular complexity index is 233. The van der Waals surface area contributed by atoms with Gasteiger partial charge in [0.05, 0.1) is 13.0 Å². The van der Waals surface area contributed by atoms with E-state index in [1.54, 1.807) is 0 Å². The summed E-state index contributed by atoms with van der Waals surface area (Å²) in [6.45, 7) is 7.13. The number of rotatable bonds is 4. The lowest BCUT2D eigenvalue weighted by Crippen LogP contribution is -2.38. The molecule has 4 heteroatoms. The van der Waals surface area contributed by atoms with Gasteiger partial charge in [-0.3, -0.25) is 9.69 Å². The molecule has 4 nitrogen and oxygen atoms in total. The summed E-state index contributed by atoms with van der Waals surface area (Å²) in [7, 11) is 1.45. The molecule has 0 bridgehead atoms. The SMILES string of the molecule is C=C(CN)CN1CCC(C(=O)OC)CC1. The number of piperidine rings is 1. The summed E-state index contributed by atoms with van der Waals surface area (Å²) in [5, 5.41) is 0. The van der Waals surface area contributed by atoms with E-state index in [-0.39, 0.29) is 11.9 Å². The van der Waals surface area contributed by atoms with E-state index in [9.17, 15) is 4.79 Å². The molecule has 1 rings (SSSR count). The number of nitrogens with zero attached hydrogens (tertiary/aromatic N) is 1. The molecule has 0 aromatic heterocycles. The minimum absolute atomic E-state index is 0.0766. The van der Waals surface area contributed by atoms with E-state index in [1.807, 2.05) is 0 Å². The summed E-state index contributed by atoms with van der Waals surface area (Å²) in [5.41, 5.74) is 6.53. The van der Waals surface area contributed by atoms with Crippen LogP contribution in [-0.2, 0) is 9.53 Å². The molecule has 1 heterocycles. The molecule has 1 saturated heterocycles. The first-order valence-electron chi connectivity index (χ1n) is 5.34. The monoisotopic (exact) mass is 212 g/mol. The van der Waals surface area contributed by atoms with Gasteiger partial charge >= 0.3 is 5.97 Å². The molecular formula is C11H20N2O2. The quantitative estimate of drug-likeness (QED) is 0.541. The first-order valence-corrected chi connectivity index (χ1v) is 5.34. The van der Waals surface area contributed by atoms with E-state index < -0.39 is 0 Å². The predicted octanol–water partition coefficient (Wildman–Crippen LogP) is 0.386. The Balaban J connectivity index is 2.29. The van der Waals surface area contributed by atoms with Gasteiger partial charge in [0, 0.05) is 13.1 Å². The van der Waals surface area contributed by atoms with E-state index in [0.29, 0.717) is 6.54 Å². The van der Waals surface area contributed by atoms with Gasteiger partial charge in [0.25, 0.3) is 0 Å². The number of ether oxygens (including phenoxy) is 1. The van der Waals surface area contributed by atoms with E-state index >= 15 is 0 Å². The highest BCUT2D eigenvalue weighted by molar-refractivity contribution is 5.72. The van der Waals surface area contributed by atoms with Crippen LogP contribution in [0.1, 0.15) is 12.8 Å². The molecule has 0 aromatic carbocycles. The highest BCUT2D eigenvalue weighted by Crippen LogP contribution is 2.18.